The Kier molecular flexibility index (Phi) is 4.33. The van der Waals surface area contributed by atoms with Crippen molar-refractivity contribution in [1.82, 2.24) is 5.32 Å². The van der Waals surface area contributed by atoms with Crippen LogP contribution in [0.4, 0.5) is 4.39 Å². The van der Waals surface area contributed by atoms with Crippen LogP contribution in [-0.4, -0.2) is 6.54 Å². The molecule has 2 rings (SSSR count). The molecule has 0 heterocycles. The zero-order valence-corrected chi connectivity index (χ0v) is 11.8. The Balaban J connectivity index is 2.32. The maximum atomic E-state index is 13.3. The molecule has 1 nitrogen and oxygen atoms in total. The van der Waals surface area contributed by atoms with Crippen LogP contribution in [0.25, 0.3) is 11.1 Å². The summed E-state index contributed by atoms with van der Waals surface area (Å²) in [5, 5.41) is 3.30. The Morgan fingerprint density at radius 2 is 1.58 bits per heavy atom. The van der Waals surface area contributed by atoms with Gasteiger partial charge in [-0.15, -0.1) is 0 Å². The average molecular weight is 257 g/mol. The van der Waals surface area contributed by atoms with E-state index in [9.17, 15) is 4.39 Å². The van der Waals surface area contributed by atoms with E-state index in [0.29, 0.717) is 0 Å². The number of rotatable bonds is 4. The fourth-order valence-electron chi connectivity index (χ4n) is 2.42. The number of aryl methyl sites for hydroxylation is 2. The minimum atomic E-state index is -0.164. The Bertz CT molecular complexity index is 535. The summed E-state index contributed by atoms with van der Waals surface area (Å²) in [7, 11) is 0. The van der Waals surface area contributed by atoms with Crippen molar-refractivity contribution in [2.75, 3.05) is 6.54 Å². The fraction of sp³-hybridized carbons (Fsp3) is 0.294. The van der Waals surface area contributed by atoms with Crippen molar-refractivity contribution in [3.05, 3.63) is 58.9 Å². The van der Waals surface area contributed by atoms with Gasteiger partial charge in [0.25, 0.3) is 0 Å². The van der Waals surface area contributed by atoms with Crippen LogP contribution >= 0.6 is 0 Å². The molecule has 0 atom stereocenters. The maximum absolute atomic E-state index is 13.3. The average Bonchev–Trinajstić information content (AvgIpc) is 2.36. The third-order valence-corrected chi connectivity index (χ3v) is 3.32. The molecule has 0 aliphatic heterocycles. The molecular weight excluding hydrogens is 237 g/mol. The van der Waals surface area contributed by atoms with Gasteiger partial charge in [-0.1, -0.05) is 31.2 Å². The van der Waals surface area contributed by atoms with Crippen LogP contribution in [0, 0.1) is 19.7 Å². The van der Waals surface area contributed by atoms with Gasteiger partial charge in [-0.2, -0.15) is 0 Å². The van der Waals surface area contributed by atoms with Gasteiger partial charge in [0.05, 0.1) is 0 Å². The van der Waals surface area contributed by atoms with E-state index < -0.39 is 0 Å². The Labute approximate surface area is 114 Å². The van der Waals surface area contributed by atoms with Crippen molar-refractivity contribution < 1.29 is 4.39 Å². The van der Waals surface area contributed by atoms with E-state index in [-0.39, 0.29) is 5.82 Å². The van der Waals surface area contributed by atoms with E-state index in [1.165, 1.54) is 5.56 Å². The second-order valence-corrected chi connectivity index (χ2v) is 4.89. The summed E-state index contributed by atoms with van der Waals surface area (Å²) in [4.78, 5) is 0. The predicted molar refractivity (Wildman–Crippen MR) is 78.7 cm³/mol. The number of nitrogens with one attached hydrogen (secondary N) is 1. The van der Waals surface area contributed by atoms with Gasteiger partial charge in [0.1, 0.15) is 5.82 Å². The molecule has 0 aliphatic rings. The molecular formula is C17H20FN. The lowest BCUT2D eigenvalue weighted by Crippen LogP contribution is -2.11. The Morgan fingerprint density at radius 1 is 1.00 bits per heavy atom. The lowest BCUT2D eigenvalue weighted by Gasteiger charge is -2.11. The predicted octanol–water partition coefficient (Wildman–Crippen LogP) is 4.22. The molecule has 2 heteroatoms. The molecule has 0 radical (unpaired) electrons. The monoisotopic (exact) mass is 257 g/mol. The molecule has 0 bridgehead atoms. The van der Waals surface area contributed by atoms with Gasteiger partial charge in [0.2, 0.25) is 0 Å². The van der Waals surface area contributed by atoms with E-state index in [2.05, 4.69) is 36.5 Å². The van der Waals surface area contributed by atoms with Gasteiger partial charge in [-0.3, -0.25) is 0 Å². The molecule has 0 unspecified atom stereocenters. The minimum Gasteiger partial charge on any atom is -0.313 e. The molecule has 0 aromatic heterocycles. The molecule has 0 aliphatic carbocycles. The van der Waals surface area contributed by atoms with Gasteiger partial charge in [0.15, 0.2) is 0 Å². The normalized spacial score (nSPS) is 10.7. The van der Waals surface area contributed by atoms with Gasteiger partial charge in [0, 0.05) is 6.54 Å². The highest BCUT2D eigenvalue weighted by atomic mass is 19.1. The summed E-state index contributed by atoms with van der Waals surface area (Å²) >= 11 is 0. The van der Waals surface area contributed by atoms with Crippen molar-refractivity contribution in [1.29, 1.82) is 0 Å². The Morgan fingerprint density at radius 3 is 2.11 bits per heavy atom. The van der Waals surface area contributed by atoms with Crippen LogP contribution < -0.4 is 5.32 Å². The van der Waals surface area contributed by atoms with Crippen LogP contribution in [-0.2, 0) is 6.54 Å². The first-order valence-corrected chi connectivity index (χ1v) is 6.68. The molecule has 0 spiro atoms. The number of hydrogen-bond acceptors (Lipinski definition) is 1. The largest absolute Gasteiger partial charge is 0.313 e. The fourth-order valence-corrected chi connectivity index (χ4v) is 2.42. The van der Waals surface area contributed by atoms with E-state index in [1.807, 2.05) is 13.8 Å². The number of hydrogen-bond donors (Lipinski definition) is 1. The van der Waals surface area contributed by atoms with E-state index in [0.717, 1.165) is 35.3 Å². The first-order valence-electron chi connectivity index (χ1n) is 6.68. The standard InChI is InChI=1S/C17H20FN/c1-4-19-11-14-5-7-15(8-6-14)17-12(2)9-16(18)10-13(17)3/h5-10,19H,4,11H2,1-3H3. The molecule has 0 saturated heterocycles. The second kappa shape index (κ2) is 5.98. The van der Waals surface area contributed by atoms with Crippen LogP contribution in [0.15, 0.2) is 36.4 Å². The van der Waals surface area contributed by atoms with Crippen LogP contribution in [0.2, 0.25) is 0 Å². The molecule has 0 amide bonds. The van der Waals surface area contributed by atoms with Gasteiger partial charge < -0.3 is 5.32 Å². The lowest BCUT2D eigenvalue weighted by atomic mass is 9.95. The first kappa shape index (κ1) is 13.8. The van der Waals surface area contributed by atoms with Gasteiger partial charge in [-0.25, -0.2) is 4.39 Å². The third kappa shape index (κ3) is 3.21. The highest BCUT2D eigenvalue weighted by Crippen LogP contribution is 2.28. The van der Waals surface area contributed by atoms with Crippen molar-refractivity contribution in [3.63, 3.8) is 0 Å². The lowest BCUT2D eigenvalue weighted by molar-refractivity contribution is 0.625. The zero-order valence-electron chi connectivity index (χ0n) is 11.8. The summed E-state index contributed by atoms with van der Waals surface area (Å²) in [6, 6.07) is 11.7. The quantitative estimate of drug-likeness (QED) is 0.864. The van der Waals surface area contributed by atoms with Gasteiger partial charge in [-0.05, 0) is 60.3 Å². The number of benzene rings is 2. The third-order valence-electron chi connectivity index (χ3n) is 3.32. The summed E-state index contributed by atoms with van der Waals surface area (Å²) in [6.45, 7) is 7.87. The van der Waals surface area contributed by atoms with Crippen LogP contribution in [0.1, 0.15) is 23.6 Å². The first-order chi connectivity index (χ1) is 9.11. The summed E-state index contributed by atoms with van der Waals surface area (Å²) in [5.41, 5.74) is 5.52. The second-order valence-electron chi connectivity index (χ2n) is 4.89. The molecule has 2 aromatic carbocycles. The van der Waals surface area contributed by atoms with Crippen molar-refractivity contribution in [2.45, 2.75) is 27.3 Å². The molecule has 19 heavy (non-hydrogen) atoms. The van der Waals surface area contributed by atoms with E-state index in [4.69, 9.17) is 0 Å². The van der Waals surface area contributed by atoms with Crippen molar-refractivity contribution in [3.8, 4) is 11.1 Å². The summed E-state index contributed by atoms with van der Waals surface area (Å²) < 4.78 is 13.3. The molecule has 0 fully saturated rings. The molecule has 1 N–H and O–H groups in total. The topological polar surface area (TPSA) is 12.0 Å². The summed E-state index contributed by atoms with van der Waals surface area (Å²) in [6.07, 6.45) is 0. The summed E-state index contributed by atoms with van der Waals surface area (Å²) in [5.74, 6) is -0.164. The Hall–Kier alpha value is -1.67. The zero-order chi connectivity index (χ0) is 13.8. The SMILES string of the molecule is CCNCc1ccc(-c2c(C)cc(F)cc2C)cc1. The van der Waals surface area contributed by atoms with Crippen molar-refractivity contribution >= 4 is 0 Å². The molecule has 100 valence electrons. The van der Waals surface area contributed by atoms with E-state index in [1.54, 1.807) is 12.1 Å². The van der Waals surface area contributed by atoms with Crippen LogP contribution in [0.3, 0.4) is 0 Å². The van der Waals surface area contributed by atoms with E-state index >= 15 is 0 Å². The van der Waals surface area contributed by atoms with Gasteiger partial charge >= 0.3 is 0 Å². The number of halogens is 1. The smallest absolute Gasteiger partial charge is 0.123 e. The van der Waals surface area contributed by atoms with Crippen molar-refractivity contribution in [2.24, 2.45) is 0 Å². The maximum Gasteiger partial charge on any atom is 0.123 e. The highest BCUT2D eigenvalue weighted by molar-refractivity contribution is 5.70. The molecule has 2 aromatic rings. The van der Waals surface area contributed by atoms with Crippen LogP contribution in [0.5, 0.6) is 0 Å². The highest BCUT2D eigenvalue weighted by Gasteiger charge is 2.07. The molecule has 0 saturated carbocycles. The minimum absolute atomic E-state index is 0.164.